The molecule has 1 aliphatic rings. The number of rotatable bonds is 9. The Bertz CT molecular complexity index is 837. The first kappa shape index (κ1) is 23.2. The fourth-order valence-electron chi connectivity index (χ4n) is 5.26. The van der Waals surface area contributed by atoms with Crippen molar-refractivity contribution >= 4 is 11.7 Å². The van der Waals surface area contributed by atoms with Gasteiger partial charge >= 0.3 is 0 Å². The van der Waals surface area contributed by atoms with Gasteiger partial charge in [-0.3, -0.25) is 9.59 Å². The van der Waals surface area contributed by atoms with Gasteiger partial charge in [-0.2, -0.15) is 0 Å². The number of carbonyl (C=O) groups excluding carboxylic acids is 2. The van der Waals surface area contributed by atoms with Crippen molar-refractivity contribution in [2.24, 2.45) is 23.7 Å². The molecular weight excluding hydrogens is 384 g/mol. The largest absolute Gasteiger partial charge is 0.350 e. The Balaban J connectivity index is 1.81. The van der Waals surface area contributed by atoms with Crippen LogP contribution in [0.4, 0.5) is 0 Å². The summed E-state index contributed by atoms with van der Waals surface area (Å²) in [5.74, 6) is -0.587. The molecule has 2 unspecified atom stereocenters. The summed E-state index contributed by atoms with van der Waals surface area (Å²) < 4.78 is 0. The van der Waals surface area contributed by atoms with E-state index in [0.717, 1.165) is 11.1 Å². The van der Waals surface area contributed by atoms with Crippen molar-refractivity contribution in [2.75, 3.05) is 6.54 Å². The zero-order chi connectivity index (χ0) is 22.6. The molecule has 166 valence electrons. The highest BCUT2D eigenvalue weighted by molar-refractivity contribution is 6.04. The van der Waals surface area contributed by atoms with Crippen molar-refractivity contribution in [1.29, 1.82) is 0 Å². The van der Waals surface area contributed by atoms with Crippen LogP contribution in [-0.4, -0.2) is 23.8 Å². The van der Waals surface area contributed by atoms with E-state index >= 15 is 0 Å². The summed E-state index contributed by atoms with van der Waals surface area (Å²) in [5, 5.41) is 6.71. The first-order valence-electron chi connectivity index (χ1n) is 11.4. The first-order chi connectivity index (χ1) is 14.8. The average molecular weight is 421 g/mol. The van der Waals surface area contributed by atoms with Gasteiger partial charge in [0.1, 0.15) is 11.7 Å². The second-order valence-corrected chi connectivity index (χ2v) is 9.63. The third-order valence-electron chi connectivity index (χ3n) is 6.67. The highest BCUT2D eigenvalue weighted by atomic mass is 16.2. The zero-order valence-electron chi connectivity index (χ0n) is 19.4. The number of benzene rings is 2. The van der Waals surface area contributed by atoms with Crippen molar-refractivity contribution in [3.63, 3.8) is 0 Å². The minimum Gasteiger partial charge on any atom is -0.350 e. The fourth-order valence-corrected chi connectivity index (χ4v) is 5.26. The van der Waals surface area contributed by atoms with Crippen LogP contribution in [-0.2, 0) is 9.59 Å². The van der Waals surface area contributed by atoms with Crippen LogP contribution in [0.1, 0.15) is 58.2 Å². The van der Waals surface area contributed by atoms with E-state index in [1.807, 2.05) is 57.2 Å². The Kier molecular flexibility index (Phi) is 7.32. The molecule has 2 aromatic carbocycles. The number of Topliss-reactive ketones (excluding diaryl/α,β-unsaturated/α-hetero) is 1. The summed E-state index contributed by atoms with van der Waals surface area (Å²) in [5.41, 5.74) is 1.96. The molecule has 3 atom stereocenters. The Morgan fingerprint density at radius 2 is 1.52 bits per heavy atom. The minimum atomic E-state index is -0.575. The van der Waals surface area contributed by atoms with E-state index < -0.39 is 5.92 Å². The Morgan fingerprint density at radius 3 is 1.97 bits per heavy atom. The molecule has 0 aliphatic carbocycles. The van der Waals surface area contributed by atoms with Crippen LogP contribution < -0.4 is 10.6 Å². The van der Waals surface area contributed by atoms with Crippen LogP contribution in [0.15, 0.2) is 60.7 Å². The average Bonchev–Trinajstić information content (AvgIpc) is 3.00. The Morgan fingerprint density at radius 1 is 1.00 bits per heavy atom. The van der Waals surface area contributed by atoms with Crippen LogP contribution in [0.25, 0.3) is 0 Å². The van der Waals surface area contributed by atoms with Gasteiger partial charge in [-0.1, -0.05) is 81.4 Å². The smallest absolute Gasteiger partial charge is 0.231 e. The van der Waals surface area contributed by atoms with Gasteiger partial charge in [-0.25, -0.2) is 0 Å². The number of nitrogens with one attached hydrogen (secondary N) is 2. The Labute approximate surface area is 186 Å². The third-order valence-corrected chi connectivity index (χ3v) is 6.67. The molecular formula is C27H36N2O2. The van der Waals surface area contributed by atoms with Gasteiger partial charge < -0.3 is 10.6 Å². The predicted molar refractivity (Wildman–Crippen MR) is 126 cm³/mol. The lowest BCUT2D eigenvalue weighted by atomic mass is 9.71. The lowest BCUT2D eigenvalue weighted by Gasteiger charge is -2.33. The summed E-state index contributed by atoms with van der Waals surface area (Å²) in [6.45, 7) is 10.8. The summed E-state index contributed by atoms with van der Waals surface area (Å²) in [6.07, 6.45) is 0.706. The molecule has 1 aliphatic heterocycles. The maximum absolute atomic E-state index is 13.6. The van der Waals surface area contributed by atoms with E-state index in [1.165, 1.54) is 0 Å². The highest BCUT2D eigenvalue weighted by Gasteiger charge is 2.52. The van der Waals surface area contributed by atoms with Crippen LogP contribution >= 0.6 is 0 Å². The summed E-state index contributed by atoms with van der Waals surface area (Å²) in [7, 11) is 0. The molecule has 3 rings (SSSR count). The molecule has 0 saturated carbocycles. The first-order valence-corrected chi connectivity index (χ1v) is 11.4. The number of carbonyl (C=O) groups is 2. The standard InChI is InChI=1S/C27H36N2O2/c1-6-19(25(30)22-23(18(2)3)27(4,5)29-26(22)31)17-28-24(20-13-9-7-10-14-20)21-15-11-8-12-16-21/h7-16,18-19,22-24,28H,6,17H2,1-5H3,(H,29,31)/t19?,22-,23?/m0/s1. The van der Waals surface area contributed by atoms with Crippen LogP contribution in [0, 0.1) is 23.7 Å². The van der Waals surface area contributed by atoms with Crippen molar-refractivity contribution in [1.82, 2.24) is 10.6 Å². The molecule has 2 aromatic rings. The molecule has 1 fully saturated rings. The summed E-state index contributed by atoms with van der Waals surface area (Å²) in [6, 6.07) is 20.6. The van der Waals surface area contributed by atoms with Gasteiger partial charge in [0.05, 0.1) is 6.04 Å². The molecule has 0 bridgehead atoms. The summed E-state index contributed by atoms with van der Waals surface area (Å²) >= 11 is 0. The van der Waals surface area contributed by atoms with Crippen LogP contribution in [0.5, 0.6) is 0 Å². The van der Waals surface area contributed by atoms with Crippen molar-refractivity contribution in [3.05, 3.63) is 71.8 Å². The molecule has 0 spiro atoms. The maximum Gasteiger partial charge on any atom is 0.231 e. The van der Waals surface area contributed by atoms with Crippen molar-refractivity contribution < 1.29 is 9.59 Å². The van der Waals surface area contributed by atoms with Gasteiger partial charge in [-0.15, -0.1) is 0 Å². The molecule has 4 nitrogen and oxygen atoms in total. The van der Waals surface area contributed by atoms with Gasteiger partial charge in [-0.05, 0) is 37.3 Å². The fraction of sp³-hybridized carbons (Fsp3) is 0.481. The number of hydrogen-bond acceptors (Lipinski definition) is 3. The van der Waals surface area contributed by atoms with E-state index in [4.69, 9.17) is 0 Å². The highest BCUT2D eigenvalue weighted by Crippen LogP contribution is 2.39. The third kappa shape index (κ3) is 5.07. The van der Waals surface area contributed by atoms with E-state index in [-0.39, 0.29) is 41.0 Å². The number of ketones is 1. The van der Waals surface area contributed by atoms with Gasteiger partial charge in [0.2, 0.25) is 5.91 Å². The van der Waals surface area contributed by atoms with E-state index in [9.17, 15) is 9.59 Å². The van der Waals surface area contributed by atoms with Crippen molar-refractivity contribution in [3.8, 4) is 0 Å². The predicted octanol–water partition coefficient (Wildman–Crippen LogP) is 4.76. The molecule has 0 aromatic heterocycles. The van der Waals surface area contributed by atoms with Crippen LogP contribution in [0.3, 0.4) is 0 Å². The van der Waals surface area contributed by atoms with Gasteiger partial charge in [0.25, 0.3) is 0 Å². The maximum atomic E-state index is 13.6. The normalized spacial score (nSPS) is 21.3. The monoisotopic (exact) mass is 420 g/mol. The molecule has 1 heterocycles. The minimum absolute atomic E-state index is 0.000550. The van der Waals surface area contributed by atoms with Crippen molar-refractivity contribution in [2.45, 2.75) is 52.6 Å². The second-order valence-electron chi connectivity index (χ2n) is 9.63. The lowest BCUT2D eigenvalue weighted by molar-refractivity contribution is -0.136. The quantitative estimate of drug-likeness (QED) is 0.575. The lowest BCUT2D eigenvalue weighted by Crippen LogP contribution is -2.43. The van der Waals surface area contributed by atoms with E-state index in [2.05, 4.69) is 48.7 Å². The van der Waals surface area contributed by atoms with Gasteiger partial charge in [0, 0.05) is 23.9 Å². The molecule has 4 heteroatoms. The molecule has 31 heavy (non-hydrogen) atoms. The molecule has 2 N–H and O–H groups in total. The topological polar surface area (TPSA) is 58.2 Å². The second kappa shape index (κ2) is 9.78. The Hall–Kier alpha value is -2.46. The van der Waals surface area contributed by atoms with E-state index in [1.54, 1.807) is 0 Å². The number of hydrogen-bond donors (Lipinski definition) is 2. The van der Waals surface area contributed by atoms with E-state index in [0.29, 0.717) is 13.0 Å². The molecule has 0 radical (unpaired) electrons. The molecule has 1 amide bonds. The SMILES string of the molecule is CCC(CNC(c1ccccc1)c1ccccc1)C(=O)[C@H]1C(=O)NC(C)(C)C1C(C)C. The number of amides is 1. The van der Waals surface area contributed by atoms with Crippen LogP contribution in [0.2, 0.25) is 0 Å². The van der Waals surface area contributed by atoms with Gasteiger partial charge in [0.15, 0.2) is 0 Å². The summed E-state index contributed by atoms with van der Waals surface area (Å²) in [4.78, 5) is 26.4. The molecule has 1 saturated heterocycles. The zero-order valence-corrected chi connectivity index (χ0v) is 19.4.